The fraction of sp³-hybridized carbons (Fsp3) is 0.636. The molecule has 0 saturated heterocycles. The number of hydrogen-bond acceptors (Lipinski definition) is 3. The Bertz CT molecular complexity index is 257. The Kier molecular flexibility index (Phi) is 3.44. The average Bonchev–Trinajstić information content (AvgIpc) is 2.19. The zero-order chi connectivity index (χ0) is 10.6. The largest absolute Gasteiger partial charge is 0.465 e. The maximum atomic E-state index is 11.7. The Morgan fingerprint density at radius 1 is 1.64 bits per heavy atom. The molecule has 0 aromatic carbocycles. The zero-order valence-electron chi connectivity index (χ0n) is 8.54. The number of carbonyl (C=O) groups is 2. The van der Waals surface area contributed by atoms with Crippen molar-refractivity contribution < 1.29 is 14.3 Å². The van der Waals surface area contributed by atoms with E-state index in [0.29, 0.717) is 19.4 Å². The van der Waals surface area contributed by atoms with E-state index in [1.165, 1.54) is 6.08 Å². The van der Waals surface area contributed by atoms with Gasteiger partial charge in [-0.3, -0.25) is 9.59 Å². The highest BCUT2D eigenvalue weighted by atomic mass is 16.5. The lowest BCUT2D eigenvalue weighted by Gasteiger charge is -2.30. The molecule has 0 bridgehead atoms. The molecule has 0 spiro atoms. The molecule has 0 radical (unpaired) electrons. The highest BCUT2D eigenvalue weighted by molar-refractivity contribution is 6.06. The lowest BCUT2D eigenvalue weighted by atomic mass is 9.73. The highest BCUT2D eigenvalue weighted by Crippen LogP contribution is 2.35. The second-order valence-electron chi connectivity index (χ2n) is 3.53. The molecule has 0 aromatic rings. The van der Waals surface area contributed by atoms with Crippen LogP contribution in [0.25, 0.3) is 0 Å². The lowest BCUT2D eigenvalue weighted by Crippen LogP contribution is -2.41. The minimum absolute atomic E-state index is 0.0443. The third-order valence-electron chi connectivity index (χ3n) is 2.71. The van der Waals surface area contributed by atoms with Gasteiger partial charge in [0.15, 0.2) is 5.78 Å². The standard InChI is InChI=1S/C11H16O3/c1-3-11(10(13)14-4-2)8-6-5-7-9(11)12/h3H,1,4-8H2,2H3/t11-/m1/s1. The highest BCUT2D eigenvalue weighted by Gasteiger charge is 2.45. The molecular formula is C11H16O3. The molecule has 14 heavy (non-hydrogen) atoms. The fourth-order valence-electron chi connectivity index (χ4n) is 1.83. The summed E-state index contributed by atoms with van der Waals surface area (Å²) >= 11 is 0. The molecule has 0 aromatic heterocycles. The summed E-state index contributed by atoms with van der Waals surface area (Å²) in [6.45, 7) is 5.63. The molecular weight excluding hydrogens is 180 g/mol. The van der Waals surface area contributed by atoms with Gasteiger partial charge < -0.3 is 4.74 Å². The number of Topliss-reactive ketones (excluding diaryl/α,β-unsaturated/α-hetero) is 1. The Hall–Kier alpha value is -1.12. The zero-order valence-corrected chi connectivity index (χ0v) is 8.54. The van der Waals surface area contributed by atoms with Crippen molar-refractivity contribution in [2.45, 2.75) is 32.6 Å². The number of esters is 1. The quantitative estimate of drug-likeness (QED) is 0.393. The van der Waals surface area contributed by atoms with Crippen molar-refractivity contribution in [2.75, 3.05) is 6.61 Å². The van der Waals surface area contributed by atoms with Crippen LogP contribution in [0.3, 0.4) is 0 Å². The molecule has 1 aliphatic rings. The Balaban J connectivity index is 2.88. The third-order valence-corrected chi connectivity index (χ3v) is 2.71. The number of carbonyl (C=O) groups excluding carboxylic acids is 2. The molecule has 1 rings (SSSR count). The van der Waals surface area contributed by atoms with Crippen LogP contribution in [-0.2, 0) is 14.3 Å². The Morgan fingerprint density at radius 2 is 2.36 bits per heavy atom. The second kappa shape index (κ2) is 4.40. The van der Waals surface area contributed by atoms with Gasteiger partial charge in [0, 0.05) is 6.42 Å². The van der Waals surface area contributed by atoms with Crippen LogP contribution in [0, 0.1) is 5.41 Å². The summed E-state index contributed by atoms with van der Waals surface area (Å²) in [6.07, 6.45) is 4.22. The summed E-state index contributed by atoms with van der Waals surface area (Å²) in [7, 11) is 0. The van der Waals surface area contributed by atoms with Crippen molar-refractivity contribution in [1.29, 1.82) is 0 Å². The first kappa shape index (κ1) is 11.0. The first-order chi connectivity index (χ1) is 6.67. The van der Waals surface area contributed by atoms with Crippen molar-refractivity contribution in [3.05, 3.63) is 12.7 Å². The van der Waals surface area contributed by atoms with Crippen LogP contribution in [0.5, 0.6) is 0 Å². The molecule has 1 fully saturated rings. The van der Waals surface area contributed by atoms with E-state index >= 15 is 0 Å². The molecule has 0 amide bonds. The van der Waals surface area contributed by atoms with E-state index in [2.05, 4.69) is 6.58 Å². The first-order valence-corrected chi connectivity index (χ1v) is 5.01. The van der Waals surface area contributed by atoms with E-state index in [1.807, 2.05) is 0 Å². The van der Waals surface area contributed by atoms with E-state index < -0.39 is 11.4 Å². The van der Waals surface area contributed by atoms with Crippen molar-refractivity contribution in [3.8, 4) is 0 Å². The molecule has 1 aliphatic carbocycles. The van der Waals surface area contributed by atoms with Gasteiger partial charge in [0.25, 0.3) is 0 Å². The van der Waals surface area contributed by atoms with Crippen LogP contribution >= 0.6 is 0 Å². The van der Waals surface area contributed by atoms with Gasteiger partial charge in [0.05, 0.1) is 6.61 Å². The van der Waals surface area contributed by atoms with E-state index in [4.69, 9.17) is 4.74 Å². The molecule has 0 unspecified atom stereocenters. The summed E-state index contributed by atoms with van der Waals surface area (Å²) in [5.74, 6) is -0.475. The van der Waals surface area contributed by atoms with Gasteiger partial charge in [-0.25, -0.2) is 0 Å². The molecule has 0 heterocycles. The topological polar surface area (TPSA) is 43.4 Å². The van der Waals surface area contributed by atoms with Crippen LogP contribution in [0.15, 0.2) is 12.7 Å². The van der Waals surface area contributed by atoms with Crippen molar-refractivity contribution in [1.82, 2.24) is 0 Å². The number of hydrogen-bond donors (Lipinski definition) is 0. The Morgan fingerprint density at radius 3 is 2.86 bits per heavy atom. The SMILES string of the molecule is C=C[C@@]1(C(=O)OCC)CCCCC1=O. The summed E-state index contributed by atoms with van der Waals surface area (Å²) in [5, 5.41) is 0. The van der Waals surface area contributed by atoms with Gasteiger partial charge in [-0.1, -0.05) is 12.5 Å². The van der Waals surface area contributed by atoms with Crippen molar-refractivity contribution in [3.63, 3.8) is 0 Å². The van der Waals surface area contributed by atoms with E-state index in [-0.39, 0.29) is 5.78 Å². The number of rotatable bonds is 3. The van der Waals surface area contributed by atoms with E-state index in [9.17, 15) is 9.59 Å². The normalized spacial score (nSPS) is 27.1. The van der Waals surface area contributed by atoms with Crippen LogP contribution in [0.2, 0.25) is 0 Å². The van der Waals surface area contributed by atoms with Gasteiger partial charge in [0.2, 0.25) is 0 Å². The minimum atomic E-state index is -1.05. The van der Waals surface area contributed by atoms with Crippen molar-refractivity contribution in [2.24, 2.45) is 5.41 Å². The minimum Gasteiger partial charge on any atom is -0.465 e. The summed E-state index contributed by atoms with van der Waals surface area (Å²) in [6, 6.07) is 0. The second-order valence-corrected chi connectivity index (χ2v) is 3.53. The molecule has 0 aliphatic heterocycles. The van der Waals surface area contributed by atoms with Crippen LogP contribution in [0.4, 0.5) is 0 Å². The van der Waals surface area contributed by atoms with E-state index in [0.717, 1.165) is 12.8 Å². The monoisotopic (exact) mass is 196 g/mol. The molecule has 3 heteroatoms. The first-order valence-electron chi connectivity index (χ1n) is 5.01. The van der Waals surface area contributed by atoms with Gasteiger partial charge in [-0.2, -0.15) is 0 Å². The summed E-state index contributed by atoms with van der Waals surface area (Å²) in [4.78, 5) is 23.3. The summed E-state index contributed by atoms with van der Waals surface area (Å²) in [5.41, 5.74) is -1.05. The van der Waals surface area contributed by atoms with Crippen LogP contribution in [-0.4, -0.2) is 18.4 Å². The van der Waals surface area contributed by atoms with Gasteiger partial charge in [-0.05, 0) is 19.8 Å². The molecule has 78 valence electrons. The number of ether oxygens (including phenoxy) is 1. The van der Waals surface area contributed by atoms with Gasteiger partial charge >= 0.3 is 5.97 Å². The molecule has 0 N–H and O–H groups in total. The van der Waals surface area contributed by atoms with Crippen molar-refractivity contribution >= 4 is 11.8 Å². The predicted molar refractivity (Wildman–Crippen MR) is 52.7 cm³/mol. The van der Waals surface area contributed by atoms with E-state index in [1.54, 1.807) is 6.92 Å². The molecule has 1 saturated carbocycles. The maximum absolute atomic E-state index is 11.7. The smallest absolute Gasteiger partial charge is 0.323 e. The van der Waals surface area contributed by atoms with Gasteiger partial charge in [-0.15, -0.1) is 6.58 Å². The predicted octanol–water partition coefficient (Wildman–Crippen LogP) is 1.86. The third kappa shape index (κ3) is 1.72. The maximum Gasteiger partial charge on any atom is 0.323 e. The molecule has 1 atom stereocenters. The lowest BCUT2D eigenvalue weighted by molar-refractivity contribution is -0.158. The van der Waals surface area contributed by atoms with Crippen LogP contribution < -0.4 is 0 Å². The average molecular weight is 196 g/mol. The molecule has 3 nitrogen and oxygen atoms in total. The number of ketones is 1. The van der Waals surface area contributed by atoms with Crippen LogP contribution in [0.1, 0.15) is 32.6 Å². The van der Waals surface area contributed by atoms with Gasteiger partial charge in [0.1, 0.15) is 5.41 Å². The summed E-state index contributed by atoms with van der Waals surface area (Å²) < 4.78 is 4.92. The Labute approximate surface area is 84.1 Å². The fourth-order valence-corrected chi connectivity index (χ4v) is 1.83.